The van der Waals surface area contributed by atoms with Crippen molar-refractivity contribution in [2.45, 2.75) is 25.4 Å². The molecule has 3 aromatic rings. The Kier molecular flexibility index (Phi) is 5.19. The van der Waals surface area contributed by atoms with Crippen LogP contribution in [0.3, 0.4) is 0 Å². The number of carbonyl (C=O) groups is 1. The first kappa shape index (κ1) is 19.9. The first-order valence-corrected chi connectivity index (χ1v) is 9.40. The first-order valence-electron chi connectivity index (χ1n) is 9.40. The minimum atomic E-state index is -4.46. The van der Waals surface area contributed by atoms with E-state index in [9.17, 15) is 18.0 Å². The van der Waals surface area contributed by atoms with Crippen LogP contribution in [0.4, 0.5) is 18.9 Å². The lowest BCUT2D eigenvalue weighted by Gasteiger charge is -2.19. The smallest absolute Gasteiger partial charge is 0.416 e. The number of benzene rings is 2. The van der Waals surface area contributed by atoms with Crippen molar-refractivity contribution in [2.75, 3.05) is 18.1 Å². The number of carbonyl (C=O) groups excluding carboxylic acids is 1. The second-order valence-corrected chi connectivity index (χ2v) is 6.84. The van der Waals surface area contributed by atoms with Crippen LogP contribution < -0.4 is 9.64 Å². The summed E-state index contributed by atoms with van der Waals surface area (Å²) in [6.45, 7) is 2.64. The molecule has 1 aromatic heterocycles. The highest BCUT2D eigenvalue weighted by Crippen LogP contribution is 2.37. The van der Waals surface area contributed by atoms with Crippen LogP contribution >= 0.6 is 0 Å². The second-order valence-electron chi connectivity index (χ2n) is 6.84. The summed E-state index contributed by atoms with van der Waals surface area (Å²) >= 11 is 0. The van der Waals surface area contributed by atoms with Crippen LogP contribution in [0.5, 0.6) is 5.75 Å². The topological polar surface area (TPSA) is 68.5 Å². The van der Waals surface area contributed by atoms with E-state index in [4.69, 9.17) is 9.26 Å². The summed E-state index contributed by atoms with van der Waals surface area (Å²) in [5.41, 5.74) is 0.0632. The number of alkyl halides is 3. The van der Waals surface area contributed by atoms with Gasteiger partial charge in [-0.05, 0) is 31.2 Å². The molecule has 2 aromatic carbocycles. The predicted molar refractivity (Wildman–Crippen MR) is 102 cm³/mol. The zero-order chi connectivity index (χ0) is 21.3. The number of ether oxygens (including phenoxy) is 1. The summed E-state index contributed by atoms with van der Waals surface area (Å²) in [6, 6.07) is 12.0. The summed E-state index contributed by atoms with van der Waals surface area (Å²) in [7, 11) is 0. The third kappa shape index (κ3) is 3.87. The zero-order valence-corrected chi connectivity index (χ0v) is 16.0. The Labute approximate surface area is 170 Å². The lowest BCUT2D eigenvalue weighted by molar-refractivity contribution is -0.137. The Bertz CT molecular complexity index is 1060. The maximum atomic E-state index is 13.0. The van der Waals surface area contributed by atoms with Gasteiger partial charge in [-0.15, -0.1) is 0 Å². The minimum Gasteiger partial charge on any atom is -0.492 e. The number of rotatable bonds is 5. The SMILES string of the molecule is CCOc1ccccc1N1CC(c2nc(-c3cccc(C(F)(F)F)c3)no2)CC1=O. The molecule has 1 amide bonds. The van der Waals surface area contributed by atoms with E-state index in [2.05, 4.69) is 10.1 Å². The normalized spacial score (nSPS) is 16.9. The molecule has 0 N–H and O–H groups in total. The zero-order valence-electron chi connectivity index (χ0n) is 16.0. The molecule has 1 fully saturated rings. The van der Waals surface area contributed by atoms with Crippen molar-refractivity contribution >= 4 is 11.6 Å². The Balaban J connectivity index is 1.56. The third-order valence-corrected chi connectivity index (χ3v) is 4.82. The average Bonchev–Trinajstić information content (AvgIpc) is 3.35. The van der Waals surface area contributed by atoms with Crippen molar-refractivity contribution in [1.82, 2.24) is 10.1 Å². The van der Waals surface area contributed by atoms with Crippen LogP contribution in [0.2, 0.25) is 0 Å². The van der Waals surface area contributed by atoms with Gasteiger partial charge in [0.25, 0.3) is 0 Å². The fourth-order valence-corrected chi connectivity index (χ4v) is 3.42. The predicted octanol–water partition coefficient (Wildman–Crippen LogP) is 4.67. The van der Waals surface area contributed by atoms with Crippen molar-refractivity contribution in [2.24, 2.45) is 0 Å². The number of anilines is 1. The maximum absolute atomic E-state index is 13.0. The molecule has 1 saturated heterocycles. The number of halogens is 3. The number of aromatic nitrogens is 2. The number of hydrogen-bond donors (Lipinski definition) is 0. The Morgan fingerprint density at radius 2 is 2.00 bits per heavy atom. The van der Waals surface area contributed by atoms with E-state index in [-0.39, 0.29) is 35.5 Å². The quantitative estimate of drug-likeness (QED) is 0.603. The van der Waals surface area contributed by atoms with Crippen molar-refractivity contribution in [3.05, 3.63) is 60.0 Å². The molecular weight excluding hydrogens is 399 g/mol. The van der Waals surface area contributed by atoms with Gasteiger partial charge in [-0.2, -0.15) is 18.2 Å². The van der Waals surface area contributed by atoms with Crippen LogP contribution in [0, 0.1) is 0 Å². The molecule has 1 unspecified atom stereocenters. The van der Waals surface area contributed by atoms with Gasteiger partial charge in [-0.25, -0.2) is 0 Å². The number of hydrogen-bond acceptors (Lipinski definition) is 5. The lowest BCUT2D eigenvalue weighted by atomic mass is 10.1. The van der Waals surface area contributed by atoms with Crippen LogP contribution in [-0.4, -0.2) is 29.2 Å². The standard InChI is InChI=1S/C21H18F3N3O3/c1-2-29-17-9-4-3-8-16(17)27-12-14(11-18(27)28)20-25-19(26-30-20)13-6-5-7-15(10-13)21(22,23)24/h3-10,14H,2,11-12H2,1H3. The molecule has 0 aliphatic carbocycles. The molecule has 0 bridgehead atoms. The number of amides is 1. The maximum Gasteiger partial charge on any atom is 0.416 e. The summed E-state index contributed by atoms with van der Waals surface area (Å²) in [4.78, 5) is 18.5. The summed E-state index contributed by atoms with van der Waals surface area (Å²) in [5.74, 6) is 0.387. The molecule has 2 heterocycles. The Hall–Kier alpha value is -3.36. The monoisotopic (exact) mass is 417 g/mol. The fraction of sp³-hybridized carbons (Fsp3) is 0.286. The largest absolute Gasteiger partial charge is 0.492 e. The molecule has 9 heteroatoms. The van der Waals surface area contributed by atoms with Gasteiger partial charge >= 0.3 is 6.18 Å². The van der Waals surface area contributed by atoms with E-state index in [0.717, 1.165) is 12.1 Å². The molecule has 156 valence electrons. The molecule has 0 spiro atoms. The molecule has 30 heavy (non-hydrogen) atoms. The molecule has 6 nitrogen and oxygen atoms in total. The highest BCUT2D eigenvalue weighted by molar-refractivity contribution is 5.97. The van der Waals surface area contributed by atoms with Crippen LogP contribution in [0.15, 0.2) is 53.1 Å². The number of para-hydroxylation sites is 2. The van der Waals surface area contributed by atoms with E-state index >= 15 is 0 Å². The van der Waals surface area contributed by atoms with Gasteiger partial charge in [0.15, 0.2) is 0 Å². The minimum absolute atomic E-state index is 0.0525. The van der Waals surface area contributed by atoms with E-state index in [1.165, 1.54) is 12.1 Å². The van der Waals surface area contributed by atoms with Crippen molar-refractivity contribution in [3.63, 3.8) is 0 Å². The summed E-state index contributed by atoms with van der Waals surface area (Å²) in [5, 5.41) is 3.82. The Morgan fingerprint density at radius 3 is 2.77 bits per heavy atom. The van der Waals surface area contributed by atoms with Gasteiger partial charge in [-0.1, -0.05) is 29.4 Å². The van der Waals surface area contributed by atoms with E-state index < -0.39 is 11.7 Å². The fourth-order valence-electron chi connectivity index (χ4n) is 3.42. The van der Waals surface area contributed by atoms with Gasteiger partial charge < -0.3 is 14.2 Å². The first-order chi connectivity index (χ1) is 14.4. The molecule has 1 aliphatic heterocycles. The highest BCUT2D eigenvalue weighted by atomic mass is 19.4. The van der Waals surface area contributed by atoms with Gasteiger partial charge in [0.2, 0.25) is 17.6 Å². The molecule has 0 radical (unpaired) electrons. The molecule has 4 rings (SSSR count). The molecular formula is C21H18F3N3O3. The molecule has 1 aliphatic rings. The third-order valence-electron chi connectivity index (χ3n) is 4.82. The highest BCUT2D eigenvalue weighted by Gasteiger charge is 2.36. The van der Waals surface area contributed by atoms with Crippen LogP contribution in [0.1, 0.15) is 30.7 Å². The molecule has 0 saturated carbocycles. The lowest BCUT2D eigenvalue weighted by Crippen LogP contribution is -2.25. The van der Waals surface area contributed by atoms with Crippen molar-refractivity contribution in [1.29, 1.82) is 0 Å². The van der Waals surface area contributed by atoms with Crippen LogP contribution in [-0.2, 0) is 11.0 Å². The van der Waals surface area contributed by atoms with Gasteiger partial charge in [0.05, 0.1) is 23.8 Å². The van der Waals surface area contributed by atoms with Crippen molar-refractivity contribution in [3.8, 4) is 17.1 Å². The van der Waals surface area contributed by atoms with E-state index in [0.29, 0.717) is 24.6 Å². The summed E-state index contributed by atoms with van der Waals surface area (Å²) in [6.07, 6.45) is -4.31. The molecule has 1 atom stereocenters. The van der Waals surface area contributed by atoms with Gasteiger partial charge in [0, 0.05) is 18.5 Å². The van der Waals surface area contributed by atoms with Gasteiger partial charge in [-0.3, -0.25) is 4.79 Å². The van der Waals surface area contributed by atoms with Crippen molar-refractivity contribution < 1.29 is 27.2 Å². The Morgan fingerprint density at radius 1 is 1.20 bits per heavy atom. The van der Waals surface area contributed by atoms with E-state index in [1.807, 2.05) is 19.1 Å². The average molecular weight is 417 g/mol. The summed E-state index contributed by atoms with van der Waals surface area (Å²) < 4.78 is 49.7. The number of nitrogens with zero attached hydrogens (tertiary/aromatic N) is 3. The van der Waals surface area contributed by atoms with Crippen LogP contribution in [0.25, 0.3) is 11.4 Å². The second kappa shape index (κ2) is 7.81. The van der Waals surface area contributed by atoms with E-state index in [1.54, 1.807) is 17.0 Å². The van der Waals surface area contributed by atoms with Gasteiger partial charge in [0.1, 0.15) is 5.75 Å².